The predicted octanol–water partition coefficient (Wildman–Crippen LogP) is 3.43. The van der Waals surface area contributed by atoms with Crippen LogP contribution in [0.4, 0.5) is 0 Å². The summed E-state index contributed by atoms with van der Waals surface area (Å²) in [4.78, 5) is 17.6. The molecule has 0 saturated carbocycles. The molecule has 1 N–H and O–H groups in total. The predicted molar refractivity (Wildman–Crippen MR) is 94.1 cm³/mol. The molecule has 124 valence electrons. The molecule has 23 heavy (non-hydrogen) atoms. The van der Waals surface area contributed by atoms with Crippen LogP contribution in [0, 0.1) is 5.92 Å². The van der Waals surface area contributed by atoms with Gasteiger partial charge >= 0.3 is 0 Å². The number of nitrogens with one attached hydrogen (secondary N) is 1. The minimum absolute atomic E-state index is 0.0127. The molecule has 1 aromatic heterocycles. The number of fused-ring (bicyclic) bond motifs is 1. The molecule has 1 aromatic carbocycles. The maximum absolute atomic E-state index is 12.3. The minimum Gasteiger partial charge on any atom is -0.385 e. The first-order valence-electron chi connectivity index (χ1n) is 8.18. The molecule has 1 saturated heterocycles. The van der Waals surface area contributed by atoms with Crippen LogP contribution in [0.1, 0.15) is 24.8 Å². The van der Waals surface area contributed by atoms with Crippen LogP contribution in [0.3, 0.4) is 0 Å². The highest BCUT2D eigenvalue weighted by molar-refractivity contribution is 6.31. The van der Waals surface area contributed by atoms with Gasteiger partial charge in [-0.05, 0) is 61.9 Å². The van der Waals surface area contributed by atoms with Crippen molar-refractivity contribution in [1.29, 1.82) is 0 Å². The van der Waals surface area contributed by atoms with Crippen LogP contribution in [0.25, 0.3) is 10.9 Å². The third-order valence-electron chi connectivity index (χ3n) is 4.72. The Morgan fingerprint density at radius 1 is 1.30 bits per heavy atom. The lowest BCUT2D eigenvalue weighted by Gasteiger charge is -2.31. The molecule has 1 aliphatic rings. The van der Waals surface area contributed by atoms with Gasteiger partial charge in [-0.2, -0.15) is 0 Å². The summed E-state index contributed by atoms with van der Waals surface area (Å²) < 4.78 is 5.16. The van der Waals surface area contributed by atoms with Gasteiger partial charge in [0.25, 0.3) is 5.56 Å². The number of aromatic nitrogens is 1. The molecule has 3 rings (SSSR count). The zero-order valence-electron chi connectivity index (χ0n) is 13.5. The molecule has 2 heterocycles. The fourth-order valence-electron chi connectivity index (χ4n) is 3.29. The highest BCUT2D eigenvalue weighted by Crippen LogP contribution is 2.22. The molecular formula is C18H23ClN2O2. The van der Waals surface area contributed by atoms with E-state index in [0.717, 1.165) is 48.5 Å². The number of halogens is 1. The zero-order chi connectivity index (χ0) is 16.2. The van der Waals surface area contributed by atoms with Crippen molar-refractivity contribution in [3.05, 3.63) is 45.2 Å². The van der Waals surface area contributed by atoms with Gasteiger partial charge in [0.1, 0.15) is 0 Å². The number of ether oxygens (including phenoxy) is 1. The summed E-state index contributed by atoms with van der Waals surface area (Å²) >= 11 is 5.98. The molecule has 5 heteroatoms. The molecule has 0 aliphatic carbocycles. The van der Waals surface area contributed by atoms with Gasteiger partial charge in [0.2, 0.25) is 0 Å². The van der Waals surface area contributed by atoms with Crippen molar-refractivity contribution in [2.24, 2.45) is 5.92 Å². The first kappa shape index (κ1) is 16.5. The summed E-state index contributed by atoms with van der Waals surface area (Å²) in [7, 11) is 1.76. The molecule has 2 aromatic rings. The molecular weight excluding hydrogens is 312 g/mol. The van der Waals surface area contributed by atoms with E-state index in [-0.39, 0.29) is 5.56 Å². The number of piperidine rings is 1. The second-order valence-corrected chi connectivity index (χ2v) is 6.79. The first-order valence-corrected chi connectivity index (χ1v) is 8.56. The fraction of sp³-hybridized carbons (Fsp3) is 0.500. The van der Waals surface area contributed by atoms with Crippen LogP contribution in [-0.2, 0) is 11.3 Å². The summed E-state index contributed by atoms with van der Waals surface area (Å²) in [5, 5.41) is 1.66. The van der Waals surface area contributed by atoms with E-state index in [1.54, 1.807) is 13.2 Å². The molecule has 4 nitrogen and oxygen atoms in total. The van der Waals surface area contributed by atoms with E-state index in [1.165, 1.54) is 12.8 Å². The van der Waals surface area contributed by atoms with Gasteiger partial charge in [-0.1, -0.05) is 17.7 Å². The van der Waals surface area contributed by atoms with Crippen molar-refractivity contribution < 1.29 is 4.74 Å². The first-order chi connectivity index (χ1) is 11.2. The smallest absolute Gasteiger partial charge is 0.252 e. The molecule has 1 aliphatic heterocycles. The molecule has 0 unspecified atom stereocenters. The van der Waals surface area contributed by atoms with Gasteiger partial charge in [0.05, 0.1) is 0 Å². The number of rotatable bonds is 5. The van der Waals surface area contributed by atoms with E-state index in [2.05, 4.69) is 9.88 Å². The second-order valence-electron chi connectivity index (χ2n) is 6.36. The van der Waals surface area contributed by atoms with Crippen molar-refractivity contribution in [2.45, 2.75) is 25.8 Å². The number of methoxy groups -OCH3 is 1. The molecule has 0 bridgehead atoms. The number of hydrogen-bond acceptors (Lipinski definition) is 3. The summed E-state index contributed by atoms with van der Waals surface area (Å²) in [5.41, 5.74) is 1.61. The highest BCUT2D eigenvalue weighted by Gasteiger charge is 2.19. The molecule has 1 fully saturated rings. The third kappa shape index (κ3) is 4.14. The van der Waals surface area contributed by atoms with Crippen molar-refractivity contribution in [3.8, 4) is 0 Å². The van der Waals surface area contributed by atoms with Gasteiger partial charge in [-0.3, -0.25) is 9.69 Å². The molecule has 0 atom stereocenters. The fourth-order valence-corrected chi connectivity index (χ4v) is 3.47. The number of hydrogen-bond donors (Lipinski definition) is 1. The Morgan fingerprint density at radius 3 is 2.83 bits per heavy atom. The number of nitrogens with zero attached hydrogens (tertiary/aromatic N) is 1. The Labute approximate surface area is 141 Å². The van der Waals surface area contributed by atoms with Crippen molar-refractivity contribution in [1.82, 2.24) is 9.88 Å². The van der Waals surface area contributed by atoms with Gasteiger partial charge in [0, 0.05) is 36.4 Å². The summed E-state index contributed by atoms with van der Waals surface area (Å²) in [6.07, 6.45) is 3.51. The van der Waals surface area contributed by atoms with Gasteiger partial charge in [-0.15, -0.1) is 0 Å². The van der Waals surface area contributed by atoms with Crippen LogP contribution < -0.4 is 5.56 Å². The average molecular weight is 335 g/mol. The van der Waals surface area contributed by atoms with Crippen molar-refractivity contribution in [3.63, 3.8) is 0 Å². The molecule has 0 radical (unpaired) electrons. The average Bonchev–Trinajstić information content (AvgIpc) is 2.55. The second kappa shape index (κ2) is 7.47. The van der Waals surface area contributed by atoms with E-state index >= 15 is 0 Å². The van der Waals surface area contributed by atoms with Crippen molar-refractivity contribution in [2.75, 3.05) is 26.8 Å². The highest BCUT2D eigenvalue weighted by atomic mass is 35.5. The Balaban J connectivity index is 1.67. The van der Waals surface area contributed by atoms with Crippen LogP contribution in [0.2, 0.25) is 5.02 Å². The Hall–Kier alpha value is -1.36. The number of H-pyrrole nitrogens is 1. The minimum atomic E-state index is -0.0127. The maximum atomic E-state index is 12.3. The van der Waals surface area contributed by atoms with E-state index in [1.807, 2.05) is 18.2 Å². The largest absolute Gasteiger partial charge is 0.385 e. The number of pyridine rings is 1. The number of aromatic amines is 1. The Bertz CT molecular complexity index is 721. The topological polar surface area (TPSA) is 45.3 Å². The summed E-state index contributed by atoms with van der Waals surface area (Å²) in [6.45, 7) is 3.65. The van der Waals surface area contributed by atoms with Gasteiger partial charge in [0.15, 0.2) is 0 Å². The number of benzene rings is 1. The lowest BCUT2D eigenvalue weighted by atomic mass is 9.93. The summed E-state index contributed by atoms with van der Waals surface area (Å²) in [5.74, 6) is 0.753. The lowest BCUT2D eigenvalue weighted by molar-refractivity contribution is 0.132. The monoisotopic (exact) mass is 334 g/mol. The Morgan fingerprint density at radius 2 is 2.09 bits per heavy atom. The molecule has 0 spiro atoms. The van der Waals surface area contributed by atoms with E-state index in [9.17, 15) is 4.79 Å². The van der Waals surface area contributed by atoms with Crippen LogP contribution in [-0.4, -0.2) is 36.7 Å². The number of likely N-dealkylation sites (tertiary alicyclic amines) is 1. The zero-order valence-corrected chi connectivity index (χ0v) is 14.2. The normalized spacial score (nSPS) is 17.0. The van der Waals surface area contributed by atoms with Crippen LogP contribution in [0.15, 0.2) is 29.1 Å². The molecule has 0 amide bonds. The standard InChI is InChI=1S/C18H23ClN2O2/c1-23-9-6-13-4-7-21(8-5-13)12-15-10-14-2-3-16(19)11-17(14)20-18(15)22/h2-3,10-11,13H,4-9,12H2,1H3,(H,20,22). The van der Waals surface area contributed by atoms with Gasteiger partial charge in [-0.25, -0.2) is 0 Å². The van der Waals surface area contributed by atoms with Gasteiger partial charge < -0.3 is 9.72 Å². The van der Waals surface area contributed by atoms with Crippen LogP contribution in [0.5, 0.6) is 0 Å². The quantitative estimate of drug-likeness (QED) is 0.911. The SMILES string of the molecule is COCCC1CCN(Cc2cc3ccc(Cl)cc3[nH]c2=O)CC1. The third-order valence-corrected chi connectivity index (χ3v) is 4.95. The van der Waals surface area contributed by atoms with Crippen LogP contribution >= 0.6 is 11.6 Å². The van der Waals surface area contributed by atoms with E-state index < -0.39 is 0 Å². The lowest BCUT2D eigenvalue weighted by Crippen LogP contribution is -2.35. The summed E-state index contributed by atoms with van der Waals surface area (Å²) in [6, 6.07) is 7.59. The van der Waals surface area contributed by atoms with E-state index in [0.29, 0.717) is 11.6 Å². The maximum Gasteiger partial charge on any atom is 0.252 e. The van der Waals surface area contributed by atoms with Crippen molar-refractivity contribution >= 4 is 22.5 Å². The van der Waals surface area contributed by atoms with E-state index in [4.69, 9.17) is 16.3 Å². The Kier molecular flexibility index (Phi) is 5.36.